The lowest BCUT2D eigenvalue weighted by Crippen LogP contribution is -2.26. The van der Waals surface area contributed by atoms with E-state index in [0.29, 0.717) is 18.8 Å². The topological polar surface area (TPSA) is 87.5 Å². The molecule has 0 bridgehead atoms. The molecule has 0 aliphatic carbocycles. The average molecular weight is 370 g/mol. The van der Waals surface area contributed by atoms with Crippen molar-refractivity contribution in [3.63, 3.8) is 0 Å². The summed E-state index contributed by atoms with van der Waals surface area (Å²) in [7, 11) is 4.02. The monoisotopic (exact) mass is 370 g/mol. The van der Waals surface area contributed by atoms with Crippen molar-refractivity contribution < 1.29 is 9.72 Å². The molecule has 27 heavy (non-hydrogen) atoms. The number of aryl methyl sites for hydroxylation is 1. The van der Waals surface area contributed by atoms with Crippen molar-refractivity contribution >= 4 is 23.0 Å². The lowest BCUT2D eigenvalue weighted by Gasteiger charge is -2.12. The molecule has 0 aliphatic rings. The predicted molar refractivity (Wildman–Crippen MR) is 108 cm³/mol. The minimum Gasteiger partial charge on any atom is -0.379 e. The van der Waals surface area contributed by atoms with E-state index in [4.69, 9.17) is 0 Å². The number of amides is 1. The summed E-state index contributed by atoms with van der Waals surface area (Å²) >= 11 is 0. The summed E-state index contributed by atoms with van der Waals surface area (Å²) in [5.74, 6) is -0.0657. The first-order chi connectivity index (χ1) is 13.0. The van der Waals surface area contributed by atoms with Crippen LogP contribution in [0.15, 0.2) is 48.5 Å². The second-order valence-corrected chi connectivity index (χ2v) is 6.47. The van der Waals surface area contributed by atoms with Crippen LogP contribution in [-0.2, 0) is 11.2 Å². The summed E-state index contributed by atoms with van der Waals surface area (Å²) < 4.78 is 0. The maximum absolute atomic E-state index is 11.9. The molecule has 0 unspecified atom stereocenters. The molecule has 1 amide bonds. The van der Waals surface area contributed by atoms with Crippen molar-refractivity contribution in [3.8, 4) is 0 Å². The fourth-order valence-corrected chi connectivity index (χ4v) is 2.66. The first kappa shape index (κ1) is 20.2. The van der Waals surface area contributed by atoms with Gasteiger partial charge in [0.25, 0.3) is 5.69 Å². The van der Waals surface area contributed by atoms with Crippen LogP contribution in [0.2, 0.25) is 0 Å². The molecule has 2 aromatic carbocycles. The molecule has 0 saturated carbocycles. The second-order valence-electron chi connectivity index (χ2n) is 6.47. The third-order valence-corrected chi connectivity index (χ3v) is 4.19. The number of hydrogen-bond donors (Lipinski definition) is 2. The smallest absolute Gasteiger partial charge is 0.292 e. The molecule has 0 saturated heterocycles. The summed E-state index contributed by atoms with van der Waals surface area (Å²) in [4.78, 5) is 24.5. The van der Waals surface area contributed by atoms with Crippen LogP contribution in [0.1, 0.15) is 18.4 Å². The Bertz CT molecular complexity index is 760. The van der Waals surface area contributed by atoms with Gasteiger partial charge < -0.3 is 15.5 Å². The molecule has 0 fully saturated rings. The molecule has 0 spiro atoms. The highest BCUT2D eigenvalue weighted by Crippen LogP contribution is 2.22. The third-order valence-electron chi connectivity index (χ3n) is 4.19. The largest absolute Gasteiger partial charge is 0.379 e. The SMILES string of the molecule is CN(C)c1ccc(CCCNC(=O)CCNc2ccccc2[N+](=O)[O-])cc1. The lowest BCUT2D eigenvalue weighted by molar-refractivity contribution is -0.384. The van der Waals surface area contributed by atoms with Gasteiger partial charge in [0.1, 0.15) is 5.69 Å². The number of carbonyl (C=O) groups excluding carboxylic acids is 1. The van der Waals surface area contributed by atoms with Crippen molar-refractivity contribution in [1.82, 2.24) is 5.32 Å². The van der Waals surface area contributed by atoms with Gasteiger partial charge in [-0.05, 0) is 36.6 Å². The van der Waals surface area contributed by atoms with E-state index in [9.17, 15) is 14.9 Å². The standard InChI is InChI=1S/C20H26N4O3/c1-23(2)17-11-9-16(10-12-17)6-5-14-22-20(25)13-15-21-18-7-3-4-8-19(18)24(26)27/h3-4,7-12,21H,5-6,13-15H2,1-2H3,(H,22,25). The van der Waals surface area contributed by atoms with Crippen molar-refractivity contribution in [1.29, 1.82) is 0 Å². The number of hydrogen-bond acceptors (Lipinski definition) is 5. The Balaban J connectivity index is 1.64. The Labute approximate surface area is 159 Å². The molecule has 2 rings (SSSR count). The Morgan fingerprint density at radius 2 is 1.78 bits per heavy atom. The zero-order valence-electron chi connectivity index (χ0n) is 15.8. The van der Waals surface area contributed by atoms with E-state index in [1.165, 1.54) is 17.3 Å². The van der Waals surface area contributed by atoms with Crippen LogP contribution < -0.4 is 15.5 Å². The highest BCUT2D eigenvalue weighted by molar-refractivity contribution is 5.76. The van der Waals surface area contributed by atoms with E-state index in [1.807, 2.05) is 14.1 Å². The summed E-state index contributed by atoms with van der Waals surface area (Å²) in [5.41, 5.74) is 2.85. The van der Waals surface area contributed by atoms with Gasteiger partial charge in [0.2, 0.25) is 5.91 Å². The molecule has 0 aliphatic heterocycles. The van der Waals surface area contributed by atoms with Crippen LogP contribution in [0.4, 0.5) is 17.1 Å². The normalized spacial score (nSPS) is 10.3. The van der Waals surface area contributed by atoms with E-state index in [0.717, 1.165) is 12.8 Å². The summed E-state index contributed by atoms with van der Waals surface area (Å²) in [5, 5.41) is 16.8. The highest BCUT2D eigenvalue weighted by Gasteiger charge is 2.11. The van der Waals surface area contributed by atoms with Crippen molar-refractivity contribution in [3.05, 3.63) is 64.2 Å². The van der Waals surface area contributed by atoms with Gasteiger partial charge in [0.05, 0.1) is 4.92 Å². The number of para-hydroxylation sites is 2. The molecule has 2 N–H and O–H groups in total. The van der Waals surface area contributed by atoms with Gasteiger partial charge in [0, 0.05) is 45.4 Å². The van der Waals surface area contributed by atoms with E-state index in [-0.39, 0.29) is 18.0 Å². The van der Waals surface area contributed by atoms with Gasteiger partial charge in [-0.15, -0.1) is 0 Å². The maximum Gasteiger partial charge on any atom is 0.292 e. The molecule has 144 valence electrons. The van der Waals surface area contributed by atoms with Gasteiger partial charge in [-0.3, -0.25) is 14.9 Å². The van der Waals surface area contributed by atoms with Gasteiger partial charge in [-0.2, -0.15) is 0 Å². The van der Waals surface area contributed by atoms with Gasteiger partial charge in [0.15, 0.2) is 0 Å². The maximum atomic E-state index is 11.9. The lowest BCUT2D eigenvalue weighted by atomic mass is 10.1. The van der Waals surface area contributed by atoms with Gasteiger partial charge in [-0.25, -0.2) is 0 Å². The number of anilines is 2. The van der Waals surface area contributed by atoms with Crippen molar-refractivity contribution in [2.75, 3.05) is 37.4 Å². The van der Waals surface area contributed by atoms with Crippen LogP contribution in [0.3, 0.4) is 0 Å². The van der Waals surface area contributed by atoms with Crippen LogP contribution in [0, 0.1) is 10.1 Å². The number of nitrogens with zero attached hydrogens (tertiary/aromatic N) is 2. The molecule has 7 nitrogen and oxygen atoms in total. The van der Waals surface area contributed by atoms with E-state index < -0.39 is 4.92 Å². The average Bonchev–Trinajstić information content (AvgIpc) is 2.66. The molecule has 0 heterocycles. The molecule has 0 aromatic heterocycles. The van der Waals surface area contributed by atoms with Crippen LogP contribution in [0.25, 0.3) is 0 Å². The van der Waals surface area contributed by atoms with Crippen LogP contribution in [0.5, 0.6) is 0 Å². The number of nitro benzene ring substituents is 1. The molecule has 0 atom stereocenters. The number of carbonyl (C=O) groups is 1. The Kier molecular flexibility index (Phi) is 7.61. The van der Waals surface area contributed by atoms with Crippen molar-refractivity contribution in [2.45, 2.75) is 19.3 Å². The number of rotatable bonds is 10. The van der Waals surface area contributed by atoms with E-state index >= 15 is 0 Å². The number of nitrogens with one attached hydrogen (secondary N) is 2. The van der Waals surface area contributed by atoms with E-state index in [1.54, 1.807) is 18.2 Å². The molecule has 7 heteroatoms. The summed E-state index contributed by atoms with van der Waals surface area (Å²) in [6.07, 6.45) is 2.04. The fraction of sp³-hybridized carbons (Fsp3) is 0.350. The van der Waals surface area contributed by atoms with Crippen molar-refractivity contribution in [2.24, 2.45) is 0 Å². The Morgan fingerprint density at radius 1 is 1.07 bits per heavy atom. The summed E-state index contributed by atoms with van der Waals surface area (Å²) in [6.45, 7) is 0.961. The number of benzene rings is 2. The molecule has 0 radical (unpaired) electrons. The second kappa shape index (κ2) is 10.2. The molecular formula is C20H26N4O3. The molecule has 2 aromatic rings. The first-order valence-corrected chi connectivity index (χ1v) is 8.97. The van der Waals surface area contributed by atoms with Crippen LogP contribution in [-0.4, -0.2) is 38.0 Å². The zero-order chi connectivity index (χ0) is 19.6. The Hall–Kier alpha value is -3.09. The summed E-state index contributed by atoms with van der Waals surface area (Å²) in [6, 6.07) is 14.8. The zero-order valence-corrected chi connectivity index (χ0v) is 15.8. The van der Waals surface area contributed by atoms with Gasteiger partial charge >= 0.3 is 0 Å². The number of nitro groups is 1. The predicted octanol–water partition coefficient (Wildman–Crippen LogP) is 3.21. The highest BCUT2D eigenvalue weighted by atomic mass is 16.6. The Morgan fingerprint density at radius 3 is 2.44 bits per heavy atom. The fourth-order valence-electron chi connectivity index (χ4n) is 2.66. The third kappa shape index (κ3) is 6.62. The van der Waals surface area contributed by atoms with Crippen LogP contribution >= 0.6 is 0 Å². The van der Waals surface area contributed by atoms with Gasteiger partial charge in [-0.1, -0.05) is 24.3 Å². The first-order valence-electron chi connectivity index (χ1n) is 8.97. The van der Waals surface area contributed by atoms with E-state index in [2.05, 4.69) is 39.8 Å². The minimum absolute atomic E-state index is 0.0122. The minimum atomic E-state index is -0.437. The molecular weight excluding hydrogens is 344 g/mol. The quantitative estimate of drug-likeness (QED) is 0.381.